The van der Waals surface area contributed by atoms with Crippen LogP contribution in [0.5, 0.6) is 0 Å². The molecule has 1 saturated carbocycles. The minimum atomic E-state index is 0.631. The van der Waals surface area contributed by atoms with E-state index in [0.717, 1.165) is 37.4 Å². The Morgan fingerprint density at radius 1 is 1.33 bits per heavy atom. The zero-order valence-electron chi connectivity index (χ0n) is 14.3. The van der Waals surface area contributed by atoms with Crippen LogP contribution < -0.4 is 5.32 Å². The van der Waals surface area contributed by atoms with Gasteiger partial charge in [0.15, 0.2) is 0 Å². The molecule has 0 bridgehead atoms. The minimum absolute atomic E-state index is 0.631. The van der Waals surface area contributed by atoms with Crippen LogP contribution in [0.25, 0.3) is 0 Å². The van der Waals surface area contributed by atoms with E-state index in [0.29, 0.717) is 5.92 Å². The highest BCUT2D eigenvalue weighted by molar-refractivity contribution is 5.06. The fraction of sp³-hybridized carbons (Fsp3) is 0.833. The molecule has 2 rings (SSSR count). The number of aryl methyl sites for hydroxylation is 1. The Balaban J connectivity index is 2.17. The summed E-state index contributed by atoms with van der Waals surface area (Å²) >= 11 is 0. The van der Waals surface area contributed by atoms with Crippen molar-refractivity contribution in [3.05, 3.63) is 18.2 Å². The number of aromatic nitrogens is 2. The number of hydrogen-bond acceptors (Lipinski definition) is 2. The zero-order chi connectivity index (χ0) is 15.2. The smallest absolute Gasteiger partial charge is 0.112 e. The van der Waals surface area contributed by atoms with E-state index in [1.807, 2.05) is 6.20 Å². The van der Waals surface area contributed by atoms with Crippen LogP contribution in [-0.4, -0.2) is 22.6 Å². The fourth-order valence-corrected chi connectivity index (χ4v) is 3.84. The normalized spacial score (nSPS) is 26.4. The summed E-state index contributed by atoms with van der Waals surface area (Å²) in [6.45, 7) is 12.5. The molecule has 3 atom stereocenters. The van der Waals surface area contributed by atoms with Gasteiger partial charge >= 0.3 is 0 Å². The molecule has 1 heterocycles. The summed E-state index contributed by atoms with van der Waals surface area (Å²) in [4.78, 5) is 4.75. The Labute approximate surface area is 130 Å². The van der Waals surface area contributed by atoms with Crippen molar-refractivity contribution in [2.24, 2.45) is 17.8 Å². The van der Waals surface area contributed by atoms with Crippen molar-refractivity contribution < 1.29 is 0 Å². The van der Waals surface area contributed by atoms with Gasteiger partial charge < -0.3 is 9.88 Å². The van der Waals surface area contributed by atoms with Gasteiger partial charge in [0.25, 0.3) is 0 Å². The highest BCUT2D eigenvalue weighted by atomic mass is 15.1. The summed E-state index contributed by atoms with van der Waals surface area (Å²) < 4.78 is 2.40. The van der Waals surface area contributed by atoms with Gasteiger partial charge in [0.05, 0.1) is 0 Å². The molecule has 3 nitrogen and oxygen atoms in total. The predicted molar refractivity (Wildman–Crippen MR) is 89.5 cm³/mol. The largest absolute Gasteiger partial charge is 0.335 e. The molecule has 3 unspecified atom stereocenters. The van der Waals surface area contributed by atoms with Gasteiger partial charge in [-0.2, -0.15) is 0 Å². The quantitative estimate of drug-likeness (QED) is 0.821. The maximum Gasteiger partial charge on any atom is 0.112 e. The Bertz CT molecular complexity index is 410. The van der Waals surface area contributed by atoms with Crippen molar-refractivity contribution in [1.82, 2.24) is 14.9 Å². The summed E-state index contributed by atoms with van der Waals surface area (Å²) in [5.41, 5.74) is 0. The third kappa shape index (κ3) is 4.09. The highest BCUT2D eigenvalue weighted by Gasteiger charge is 2.34. The van der Waals surface area contributed by atoms with E-state index < -0.39 is 0 Å². The lowest BCUT2D eigenvalue weighted by molar-refractivity contribution is 0.183. The lowest BCUT2D eigenvalue weighted by Crippen LogP contribution is -2.34. The van der Waals surface area contributed by atoms with E-state index in [-0.39, 0.29) is 0 Å². The van der Waals surface area contributed by atoms with E-state index in [4.69, 9.17) is 4.98 Å². The number of hydrogen-bond donors (Lipinski definition) is 1. The molecule has 0 saturated heterocycles. The van der Waals surface area contributed by atoms with Gasteiger partial charge in [-0.25, -0.2) is 4.98 Å². The van der Waals surface area contributed by atoms with Crippen molar-refractivity contribution in [2.45, 2.75) is 65.8 Å². The molecule has 120 valence electrons. The summed E-state index contributed by atoms with van der Waals surface area (Å²) in [6, 6.07) is 0. The van der Waals surface area contributed by atoms with Crippen LogP contribution in [0.1, 0.15) is 65.1 Å². The predicted octanol–water partition coefficient (Wildman–Crippen LogP) is 4.06. The van der Waals surface area contributed by atoms with Gasteiger partial charge in [0.1, 0.15) is 5.82 Å². The fourth-order valence-electron chi connectivity index (χ4n) is 3.84. The van der Waals surface area contributed by atoms with Crippen LogP contribution in [0, 0.1) is 17.8 Å². The van der Waals surface area contributed by atoms with Crippen LogP contribution in [0.3, 0.4) is 0 Å². The first-order chi connectivity index (χ1) is 10.2. The molecule has 1 aromatic heterocycles. The SMILES string of the molecule is CCCn1ccnc1C1CC(C(C)C)CCC1CNCC. The molecular weight excluding hydrogens is 258 g/mol. The van der Waals surface area contributed by atoms with E-state index >= 15 is 0 Å². The number of rotatable bonds is 7. The average Bonchev–Trinajstić information content (AvgIpc) is 2.93. The van der Waals surface area contributed by atoms with E-state index in [2.05, 4.69) is 43.8 Å². The monoisotopic (exact) mass is 291 g/mol. The van der Waals surface area contributed by atoms with Gasteiger partial charge in [-0.3, -0.25) is 0 Å². The second-order valence-electron chi connectivity index (χ2n) is 6.97. The van der Waals surface area contributed by atoms with E-state index in [9.17, 15) is 0 Å². The van der Waals surface area contributed by atoms with Crippen molar-refractivity contribution in [3.63, 3.8) is 0 Å². The second kappa shape index (κ2) is 7.98. The molecule has 0 aromatic carbocycles. The van der Waals surface area contributed by atoms with Crippen molar-refractivity contribution in [2.75, 3.05) is 13.1 Å². The van der Waals surface area contributed by atoms with Crippen LogP contribution in [0.4, 0.5) is 0 Å². The zero-order valence-corrected chi connectivity index (χ0v) is 14.3. The first-order valence-electron chi connectivity index (χ1n) is 8.89. The van der Waals surface area contributed by atoms with Gasteiger partial charge in [0.2, 0.25) is 0 Å². The molecule has 1 N–H and O–H groups in total. The van der Waals surface area contributed by atoms with E-state index in [1.165, 1.54) is 31.5 Å². The summed E-state index contributed by atoms with van der Waals surface area (Å²) in [5, 5.41) is 3.57. The maximum absolute atomic E-state index is 4.75. The van der Waals surface area contributed by atoms with Crippen LogP contribution in [-0.2, 0) is 6.54 Å². The summed E-state index contributed by atoms with van der Waals surface area (Å²) in [6.07, 6.45) is 9.39. The maximum atomic E-state index is 4.75. The molecular formula is C18H33N3. The van der Waals surface area contributed by atoms with Crippen LogP contribution in [0.15, 0.2) is 12.4 Å². The first-order valence-corrected chi connectivity index (χ1v) is 8.89. The molecule has 1 fully saturated rings. The summed E-state index contributed by atoms with van der Waals surface area (Å²) in [5.74, 6) is 4.37. The minimum Gasteiger partial charge on any atom is -0.335 e. The van der Waals surface area contributed by atoms with Crippen molar-refractivity contribution in [3.8, 4) is 0 Å². The topological polar surface area (TPSA) is 29.9 Å². The number of imidazole rings is 1. The average molecular weight is 291 g/mol. The lowest BCUT2D eigenvalue weighted by atomic mass is 9.70. The van der Waals surface area contributed by atoms with Crippen LogP contribution >= 0.6 is 0 Å². The molecule has 0 aliphatic heterocycles. The third-order valence-corrected chi connectivity index (χ3v) is 5.18. The second-order valence-corrected chi connectivity index (χ2v) is 6.97. The first kappa shape index (κ1) is 16.5. The Morgan fingerprint density at radius 3 is 2.81 bits per heavy atom. The number of nitrogens with one attached hydrogen (secondary N) is 1. The highest BCUT2D eigenvalue weighted by Crippen LogP contribution is 2.42. The Hall–Kier alpha value is -0.830. The number of nitrogens with zero attached hydrogens (tertiary/aromatic N) is 2. The van der Waals surface area contributed by atoms with Crippen molar-refractivity contribution in [1.29, 1.82) is 0 Å². The molecule has 3 heteroatoms. The van der Waals surface area contributed by atoms with Gasteiger partial charge in [0, 0.05) is 24.9 Å². The van der Waals surface area contributed by atoms with E-state index in [1.54, 1.807) is 0 Å². The standard InChI is InChI=1S/C18H33N3/c1-5-10-21-11-9-20-18(21)17-12-15(14(3)4)7-8-16(17)13-19-6-2/h9,11,14-17,19H,5-8,10,12-13H2,1-4H3. The molecule has 0 radical (unpaired) electrons. The summed E-state index contributed by atoms with van der Waals surface area (Å²) in [7, 11) is 0. The molecule has 0 spiro atoms. The molecule has 1 aromatic rings. The molecule has 1 aliphatic carbocycles. The Morgan fingerprint density at radius 2 is 2.14 bits per heavy atom. The lowest BCUT2D eigenvalue weighted by Gasteiger charge is -2.38. The molecule has 0 amide bonds. The van der Waals surface area contributed by atoms with Gasteiger partial charge in [-0.15, -0.1) is 0 Å². The van der Waals surface area contributed by atoms with Crippen LogP contribution in [0.2, 0.25) is 0 Å². The van der Waals surface area contributed by atoms with Gasteiger partial charge in [-0.1, -0.05) is 27.7 Å². The Kier molecular flexibility index (Phi) is 6.28. The third-order valence-electron chi connectivity index (χ3n) is 5.18. The molecule has 21 heavy (non-hydrogen) atoms. The van der Waals surface area contributed by atoms with Gasteiger partial charge in [-0.05, 0) is 56.5 Å². The molecule has 1 aliphatic rings. The van der Waals surface area contributed by atoms with Crippen molar-refractivity contribution >= 4 is 0 Å².